The number of hydrogen-bond donors (Lipinski definition) is 1. The molecular weight excluding hydrogens is 252 g/mol. The molecule has 0 radical (unpaired) electrons. The molecule has 1 aromatic carbocycles. The Labute approximate surface area is 110 Å². The third kappa shape index (κ3) is 2.55. The van der Waals surface area contributed by atoms with Gasteiger partial charge in [-0.05, 0) is 24.1 Å². The summed E-state index contributed by atoms with van der Waals surface area (Å²) in [5.41, 5.74) is 1.33. The summed E-state index contributed by atoms with van der Waals surface area (Å²) in [5.74, 6) is 5.57. The van der Waals surface area contributed by atoms with E-state index in [0.717, 1.165) is 12.0 Å². The van der Waals surface area contributed by atoms with Crippen LogP contribution >= 0.6 is 11.6 Å². The van der Waals surface area contributed by atoms with Gasteiger partial charge in [-0.3, -0.25) is 5.01 Å². The number of amides is 2. The number of carbonyl (C=O) groups is 1. The molecule has 0 bridgehead atoms. The highest BCUT2D eigenvalue weighted by Crippen LogP contribution is 2.20. The van der Waals surface area contributed by atoms with Gasteiger partial charge in [0.15, 0.2) is 0 Å². The van der Waals surface area contributed by atoms with Crippen LogP contribution in [0.4, 0.5) is 4.79 Å². The standard InChI is InChI=1S/C12H13ClN4O/c13-11-6-9(7-14)2-3-10(11)8-16-4-1-5-17(15)12(16)18/h2-3,6H,1,4-5,8,15H2. The predicted molar refractivity (Wildman–Crippen MR) is 67.5 cm³/mol. The molecule has 0 unspecified atom stereocenters. The Bertz CT molecular complexity index is 511. The Morgan fingerprint density at radius 1 is 1.44 bits per heavy atom. The molecule has 1 fully saturated rings. The van der Waals surface area contributed by atoms with Crippen molar-refractivity contribution in [2.45, 2.75) is 13.0 Å². The lowest BCUT2D eigenvalue weighted by molar-refractivity contribution is 0.127. The molecule has 94 valence electrons. The van der Waals surface area contributed by atoms with Crippen molar-refractivity contribution in [3.63, 3.8) is 0 Å². The van der Waals surface area contributed by atoms with Crippen molar-refractivity contribution >= 4 is 17.6 Å². The van der Waals surface area contributed by atoms with Gasteiger partial charge in [-0.25, -0.2) is 10.6 Å². The quantitative estimate of drug-likeness (QED) is 0.653. The van der Waals surface area contributed by atoms with Crippen molar-refractivity contribution in [3.8, 4) is 6.07 Å². The molecule has 1 aliphatic rings. The second-order valence-electron chi connectivity index (χ2n) is 4.17. The Kier molecular flexibility index (Phi) is 3.70. The summed E-state index contributed by atoms with van der Waals surface area (Å²) < 4.78 is 0. The number of nitrogens with zero attached hydrogens (tertiary/aromatic N) is 3. The zero-order chi connectivity index (χ0) is 13.1. The van der Waals surface area contributed by atoms with Crippen molar-refractivity contribution in [3.05, 3.63) is 34.3 Å². The molecule has 1 heterocycles. The van der Waals surface area contributed by atoms with Gasteiger partial charge in [0.05, 0.1) is 11.6 Å². The summed E-state index contributed by atoms with van der Waals surface area (Å²) in [4.78, 5) is 13.4. The number of hydrazine groups is 1. The Balaban J connectivity index is 2.14. The van der Waals surface area contributed by atoms with Crippen LogP contribution in [0.15, 0.2) is 18.2 Å². The minimum absolute atomic E-state index is 0.193. The van der Waals surface area contributed by atoms with E-state index in [0.29, 0.717) is 30.2 Å². The third-order valence-electron chi connectivity index (χ3n) is 2.89. The maximum absolute atomic E-state index is 11.8. The lowest BCUT2D eigenvalue weighted by Gasteiger charge is -2.32. The molecule has 5 nitrogen and oxygen atoms in total. The van der Waals surface area contributed by atoms with Crippen LogP contribution in [0, 0.1) is 11.3 Å². The summed E-state index contributed by atoms with van der Waals surface area (Å²) in [6, 6.07) is 6.89. The average Bonchev–Trinajstić information content (AvgIpc) is 2.37. The summed E-state index contributed by atoms with van der Waals surface area (Å²) in [7, 11) is 0. The van der Waals surface area contributed by atoms with Gasteiger partial charge in [0.2, 0.25) is 0 Å². The van der Waals surface area contributed by atoms with Gasteiger partial charge in [-0.2, -0.15) is 5.26 Å². The minimum atomic E-state index is -0.193. The first kappa shape index (κ1) is 12.7. The molecule has 2 N–H and O–H groups in total. The van der Waals surface area contributed by atoms with Crippen LogP contribution in [0.25, 0.3) is 0 Å². The number of benzene rings is 1. The fourth-order valence-corrected chi connectivity index (χ4v) is 2.14. The van der Waals surface area contributed by atoms with Crippen LogP contribution in [0.5, 0.6) is 0 Å². The van der Waals surface area contributed by atoms with Crippen molar-refractivity contribution in [1.29, 1.82) is 5.26 Å². The number of nitriles is 1. The Hall–Kier alpha value is -1.77. The van der Waals surface area contributed by atoms with Crippen LogP contribution in [-0.4, -0.2) is 29.0 Å². The van der Waals surface area contributed by atoms with Gasteiger partial charge < -0.3 is 4.90 Å². The largest absolute Gasteiger partial charge is 0.334 e. The van der Waals surface area contributed by atoms with Gasteiger partial charge in [0.25, 0.3) is 0 Å². The highest BCUT2D eigenvalue weighted by atomic mass is 35.5. The van der Waals surface area contributed by atoms with Crippen LogP contribution < -0.4 is 5.84 Å². The molecule has 0 aliphatic carbocycles. The van der Waals surface area contributed by atoms with Gasteiger partial charge in [-0.15, -0.1) is 0 Å². The molecule has 6 heteroatoms. The maximum Gasteiger partial charge on any atom is 0.334 e. The van der Waals surface area contributed by atoms with E-state index in [1.165, 1.54) is 5.01 Å². The second kappa shape index (κ2) is 5.25. The van der Waals surface area contributed by atoms with Crippen molar-refractivity contribution in [1.82, 2.24) is 9.91 Å². The molecule has 0 aromatic heterocycles. The summed E-state index contributed by atoms with van der Waals surface area (Å²) in [6.07, 6.45) is 0.843. The van der Waals surface area contributed by atoms with Crippen LogP contribution in [0.3, 0.4) is 0 Å². The number of rotatable bonds is 2. The molecular formula is C12H13ClN4O. The number of nitrogens with two attached hydrogens (primary N) is 1. The topological polar surface area (TPSA) is 73.4 Å². The maximum atomic E-state index is 11.8. The SMILES string of the molecule is N#Cc1ccc(CN2CCCN(N)C2=O)c(Cl)c1. The molecule has 0 atom stereocenters. The molecule has 0 saturated carbocycles. The molecule has 2 amide bonds. The van der Waals surface area contributed by atoms with E-state index in [2.05, 4.69) is 0 Å². The lowest BCUT2D eigenvalue weighted by atomic mass is 10.1. The second-order valence-corrected chi connectivity index (χ2v) is 4.58. The monoisotopic (exact) mass is 264 g/mol. The fraction of sp³-hybridized carbons (Fsp3) is 0.333. The zero-order valence-corrected chi connectivity index (χ0v) is 10.5. The number of halogens is 1. The van der Waals surface area contributed by atoms with Crippen molar-refractivity contribution in [2.75, 3.05) is 13.1 Å². The van der Waals surface area contributed by atoms with Gasteiger partial charge >= 0.3 is 6.03 Å². The molecule has 1 aromatic rings. The van der Waals surface area contributed by atoms with Gasteiger partial charge in [0.1, 0.15) is 0 Å². The van der Waals surface area contributed by atoms with Crippen LogP contribution in [0.2, 0.25) is 5.02 Å². The van der Waals surface area contributed by atoms with Gasteiger partial charge in [0, 0.05) is 24.7 Å². The summed E-state index contributed by atoms with van der Waals surface area (Å²) in [5, 5.41) is 10.5. The first-order valence-electron chi connectivity index (χ1n) is 5.61. The lowest BCUT2D eigenvalue weighted by Crippen LogP contribution is -2.52. The van der Waals surface area contributed by atoms with E-state index in [1.54, 1.807) is 23.1 Å². The van der Waals surface area contributed by atoms with E-state index in [-0.39, 0.29) is 6.03 Å². The smallest absolute Gasteiger partial charge is 0.319 e. The molecule has 1 saturated heterocycles. The minimum Gasteiger partial charge on any atom is -0.319 e. The Morgan fingerprint density at radius 3 is 2.89 bits per heavy atom. The highest BCUT2D eigenvalue weighted by Gasteiger charge is 2.23. The van der Waals surface area contributed by atoms with E-state index in [9.17, 15) is 4.79 Å². The van der Waals surface area contributed by atoms with E-state index < -0.39 is 0 Å². The number of urea groups is 1. The number of hydrogen-bond acceptors (Lipinski definition) is 3. The zero-order valence-electron chi connectivity index (χ0n) is 9.77. The van der Waals surface area contributed by atoms with Crippen molar-refractivity contribution < 1.29 is 4.79 Å². The van der Waals surface area contributed by atoms with Gasteiger partial charge in [-0.1, -0.05) is 17.7 Å². The normalized spacial score (nSPS) is 15.7. The molecule has 1 aliphatic heterocycles. The van der Waals surface area contributed by atoms with Crippen LogP contribution in [0.1, 0.15) is 17.5 Å². The molecule has 2 rings (SSSR count). The van der Waals surface area contributed by atoms with E-state index in [1.807, 2.05) is 6.07 Å². The predicted octanol–water partition coefficient (Wildman–Crippen LogP) is 1.71. The van der Waals surface area contributed by atoms with Crippen molar-refractivity contribution in [2.24, 2.45) is 5.84 Å². The fourth-order valence-electron chi connectivity index (χ4n) is 1.90. The first-order valence-corrected chi connectivity index (χ1v) is 5.99. The third-order valence-corrected chi connectivity index (χ3v) is 3.24. The average molecular weight is 265 g/mol. The summed E-state index contributed by atoms with van der Waals surface area (Å²) in [6.45, 7) is 1.66. The first-order chi connectivity index (χ1) is 8.61. The van der Waals surface area contributed by atoms with E-state index >= 15 is 0 Å². The van der Waals surface area contributed by atoms with E-state index in [4.69, 9.17) is 22.7 Å². The van der Waals surface area contributed by atoms with Crippen LogP contribution in [-0.2, 0) is 6.54 Å². The highest BCUT2D eigenvalue weighted by molar-refractivity contribution is 6.31. The molecule has 0 spiro atoms. The summed E-state index contributed by atoms with van der Waals surface area (Å²) >= 11 is 6.08. The Morgan fingerprint density at radius 2 is 2.22 bits per heavy atom. The number of carbonyl (C=O) groups excluding carboxylic acids is 1. The molecule has 18 heavy (non-hydrogen) atoms.